The molecule has 12 heavy (non-hydrogen) atoms. The van der Waals surface area contributed by atoms with Gasteiger partial charge >= 0.3 is 0 Å². The Morgan fingerprint density at radius 1 is 1.42 bits per heavy atom. The fraction of sp³-hybridized carbons (Fsp3) is 0.900. The average Bonchev–Trinajstić information content (AvgIpc) is 2.28. The Bertz CT molecular complexity index is 156. The van der Waals surface area contributed by atoms with E-state index in [1.807, 2.05) is 4.90 Å². The topological polar surface area (TPSA) is 20.3 Å². The first kappa shape index (κ1) is 9.56. The van der Waals surface area contributed by atoms with Crippen molar-refractivity contribution in [2.45, 2.75) is 52.0 Å². The van der Waals surface area contributed by atoms with E-state index in [4.69, 9.17) is 0 Å². The zero-order valence-electron chi connectivity index (χ0n) is 8.18. The Kier molecular flexibility index (Phi) is 3.57. The molecule has 0 saturated carbocycles. The molecule has 1 saturated heterocycles. The minimum Gasteiger partial charge on any atom is -0.340 e. The molecule has 70 valence electrons. The van der Waals surface area contributed by atoms with Crippen molar-refractivity contribution < 1.29 is 4.79 Å². The van der Waals surface area contributed by atoms with E-state index in [1.54, 1.807) is 0 Å². The van der Waals surface area contributed by atoms with Crippen LogP contribution >= 0.6 is 0 Å². The smallest absolute Gasteiger partial charge is 0.222 e. The van der Waals surface area contributed by atoms with Gasteiger partial charge in [0, 0.05) is 19.0 Å². The number of carbonyl (C=O) groups is 1. The van der Waals surface area contributed by atoms with E-state index in [0.29, 0.717) is 11.9 Å². The van der Waals surface area contributed by atoms with Crippen molar-refractivity contribution >= 4 is 5.91 Å². The third-order valence-corrected chi connectivity index (χ3v) is 2.73. The molecule has 1 aliphatic heterocycles. The van der Waals surface area contributed by atoms with Crippen molar-refractivity contribution in [3.05, 3.63) is 0 Å². The summed E-state index contributed by atoms with van der Waals surface area (Å²) in [5, 5.41) is 0. The van der Waals surface area contributed by atoms with Gasteiger partial charge < -0.3 is 4.90 Å². The lowest BCUT2D eigenvalue weighted by molar-refractivity contribution is -0.132. The molecule has 0 aromatic carbocycles. The molecule has 0 spiro atoms. The van der Waals surface area contributed by atoms with Crippen LogP contribution in [0.2, 0.25) is 0 Å². The summed E-state index contributed by atoms with van der Waals surface area (Å²) in [4.78, 5) is 13.6. The largest absolute Gasteiger partial charge is 0.340 e. The third-order valence-electron chi connectivity index (χ3n) is 2.73. The van der Waals surface area contributed by atoms with E-state index < -0.39 is 0 Å². The minimum absolute atomic E-state index is 0.363. The first-order valence-electron chi connectivity index (χ1n) is 5.05. The highest BCUT2D eigenvalue weighted by Crippen LogP contribution is 2.14. The Morgan fingerprint density at radius 2 is 2.17 bits per heavy atom. The highest BCUT2D eigenvalue weighted by atomic mass is 16.2. The summed E-state index contributed by atoms with van der Waals surface area (Å²) in [6.07, 6.45) is 5.34. The Balaban J connectivity index is 2.52. The predicted octanol–water partition coefficient (Wildman–Crippen LogP) is 2.19. The Hall–Kier alpha value is -0.530. The lowest BCUT2D eigenvalue weighted by Crippen LogP contribution is -2.37. The molecule has 1 amide bonds. The summed E-state index contributed by atoms with van der Waals surface area (Å²) in [5.41, 5.74) is 0. The van der Waals surface area contributed by atoms with Crippen molar-refractivity contribution in [1.29, 1.82) is 0 Å². The Labute approximate surface area is 74.9 Å². The van der Waals surface area contributed by atoms with Gasteiger partial charge in [-0.05, 0) is 26.2 Å². The van der Waals surface area contributed by atoms with Crippen LogP contribution in [0.25, 0.3) is 0 Å². The van der Waals surface area contributed by atoms with E-state index in [0.717, 1.165) is 25.8 Å². The highest BCUT2D eigenvalue weighted by Gasteiger charge is 2.19. The van der Waals surface area contributed by atoms with E-state index in [9.17, 15) is 4.79 Å². The lowest BCUT2D eigenvalue weighted by atomic mass is 10.2. The van der Waals surface area contributed by atoms with Crippen LogP contribution in [0.15, 0.2) is 0 Å². The maximum Gasteiger partial charge on any atom is 0.222 e. The summed E-state index contributed by atoms with van der Waals surface area (Å²) in [7, 11) is 0. The summed E-state index contributed by atoms with van der Waals surface area (Å²) in [5.74, 6) is 0.363. The first-order chi connectivity index (χ1) is 5.75. The van der Waals surface area contributed by atoms with Crippen LogP contribution in [0.5, 0.6) is 0 Å². The number of rotatable bonds is 2. The van der Waals surface area contributed by atoms with E-state index in [2.05, 4.69) is 13.8 Å². The lowest BCUT2D eigenvalue weighted by Gasteiger charge is -2.26. The Morgan fingerprint density at radius 3 is 2.83 bits per heavy atom. The number of amides is 1. The van der Waals surface area contributed by atoms with Gasteiger partial charge in [0.25, 0.3) is 0 Å². The van der Waals surface area contributed by atoms with Crippen molar-refractivity contribution in [2.24, 2.45) is 0 Å². The molecule has 1 aliphatic rings. The highest BCUT2D eigenvalue weighted by molar-refractivity contribution is 5.76. The first-order valence-corrected chi connectivity index (χ1v) is 5.05. The molecule has 0 N–H and O–H groups in total. The van der Waals surface area contributed by atoms with Crippen molar-refractivity contribution in [1.82, 2.24) is 4.90 Å². The standard InChI is InChI=1S/C10H19NO/c1-3-9(2)11-8-6-4-5-7-10(11)12/h9H,3-8H2,1-2H3/t9-/m0/s1. The van der Waals surface area contributed by atoms with Crippen LogP contribution in [0.1, 0.15) is 46.0 Å². The molecule has 0 radical (unpaired) electrons. The van der Waals surface area contributed by atoms with Gasteiger partial charge in [-0.2, -0.15) is 0 Å². The molecule has 1 heterocycles. The van der Waals surface area contributed by atoms with Gasteiger partial charge in [0.2, 0.25) is 5.91 Å². The molecular formula is C10H19NO. The number of hydrogen-bond acceptors (Lipinski definition) is 1. The van der Waals surface area contributed by atoms with Crippen LogP contribution in [0, 0.1) is 0 Å². The van der Waals surface area contributed by atoms with Crippen LogP contribution < -0.4 is 0 Å². The maximum atomic E-state index is 11.5. The molecule has 0 unspecified atom stereocenters. The molecule has 1 rings (SSSR count). The van der Waals surface area contributed by atoms with Crippen molar-refractivity contribution in [2.75, 3.05) is 6.54 Å². The summed E-state index contributed by atoms with van der Waals surface area (Å²) in [6, 6.07) is 0.440. The molecule has 2 nitrogen and oxygen atoms in total. The minimum atomic E-state index is 0.363. The molecule has 1 atom stereocenters. The summed E-state index contributed by atoms with van der Waals surface area (Å²) < 4.78 is 0. The summed E-state index contributed by atoms with van der Waals surface area (Å²) in [6.45, 7) is 5.26. The fourth-order valence-electron chi connectivity index (χ4n) is 1.69. The molecule has 0 aromatic heterocycles. The van der Waals surface area contributed by atoms with Crippen LogP contribution in [-0.4, -0.2) is 23.4 Å². The van der Waals surface area contributed by atoms with E-state index >= 15 is 0 Å². The van der Waals surface area contributed by atoms with Crippen molar-refractivity contribution in [3.63, 3.8) is 0 Å². The van der Waals surface area contributed by atoms with E-state index in [-0.39, 0.29) is 0 Å². The second kappa shape index (κ2) is 4.48. The third kappa shape index (κ3) is 2.23. The van der Waals surface area contributed by atoms with Crippen LogP contribution in [0.4, 0.5) is 0 Å². The second-order valence-electron chi connectivity index (χ2n) is 3.66. The monoisotopic (exact) mass is 169 g/mol. The summed E-state index contributed by atoms with van der Waals surface area (Å²) >= 11 is 0. The molecule has 0 aromatic rings. The van der Waals surface area contributed by atoms with Crippen LogP contribution in [0.3, 0.4) is 0 Å². The van der Waals surface area contributed by atoms with Crippen LogP contribution in [-0.2, 0) is 4.79 Å². The van der Waals surface area contributed by atoms with Gasteiger partial charge in [-0.25, -0.2) is 0 Å². The molecule has 0 bridgehead atoms. The second-order valence-corrected chi connectivity index (χ2v) is 3.66. The van der Waals surface area contributed by atoms with Gasteiger partial charge in [-0.3, -0.25) is 4.79 Å². The normalized spacial score (nSPS) is 22.2. The number of nitrogens with zero attached hydrogens (tertiary/aromatic N) is 1. The van der Waals surface area contributed by atoms with Gasteiger partial charge in [0.1, 0.15) is 0 Å². The SMILES string of the molecule is CC[C@H](C)N1CCCCCC1=O. The van der Waals surface area contributed by atoms with Gasteiger partial charge in [0.05, 0.1) is 0 Å². The average molecular weight is 169 g/mol. The van der Waals surface area contributed by atoms with Gasteiger partial charge in [-0.1, -0.05) is 13.3 Å². The van der Waals surface area contributed by atoms with Crippen molar-refractivity contribution in [3.8, 4) is 0 Å². The van der Waals surface area contributed by atoms with Gasteiger partial charge in [-0.15, -0.1) is 0 Å². The van der Waals surface area contributed by atoms with Gasteiger partial charge in [0.15, 0.2) is 0 Å². The number of hydrogen-bond donors (Lipinski definition) is 0. The molecule has 0 aliphatic carbocycles. The fourth-order valence-corrected chi connectivity index (χ4v) is 1.69. The number of likely N-dealkylation sites (tertiary alicyclic amines) is 1. The number of carbonyl (C=O) groups excluding carboxylic acids is 1. The zero-order chi connectivity index (χ0) is 8.97. The quantitative estimate of drug-likeness (QED) is 0.620. The molecule has 2 heteroatoms. The van der Waals surface area contributed by atoms with E-state index in [1.165, 1.54) is 12.8 Å². The maximum absolute atomic E-state index is 11.5. The predicted molar refractivity (Wildman–Crippen MR) is 49.9 cm³/mol. The zero-order valence-corrected chi connectivity index (χ0v) is 8.18. The molecule has 1 fully saturated rings. The molecular weight excluding hydrogens is 150 g/mol.